The number of nitrogens with zero attached hydrogens (tertiary/aromatic N) is 1. The Balaban J connectivity index is 1.61. The largest absolute Gasteiger partial charge is 0.344 e. The number of carbonyl (C=O) groups is 4. The molecule has 0 aliphatic carbocycles. The van der Waals surface area contributed by atoms with E-state index in [4.69, 9.17) is 0 Å². The van der Waals surface area contributed by atoms with Crippen LogP contribution in [0.3, 0.4) is 0 Å². The molecule has 0 aliphatic heterocycles. The maximum atomic E-state index is 12.8. The molecule has 32 heavy (non-hydrogen) atoms. The van der Waals surface area contributed by atoms with Crippen LogP contribution in [-0.4, -0.2) is 41.1 Å². The molecule has 3 aromatic rings. The summed E-state index contributed by atoms with van der Waals surface area (Å²) >= 11 is 1.36. The highest BCUT2D eigenvalue weighted by Crippen LogP contribution is 2.06. The molecule has 0 spiro atoms. The van der Waals surface area contributed by atoms with Crippen molar-refractivity contribution in [2.24, 2.45) is 0 Å². The van der Waals surface area contributed by atoms with E-state index in [0.717, 1.165) is 5.56 Å². The van der Waals surface area contributed by atoms with Gasteiger partial charge in [0.1, 0.15) is 11.0 Å². The van der Waals surface area contributed by atoms with Crippen LogP contribution < -0.4 is 16.0 Å². The van der Waals surface area contributed by atoms with Crippen LogP contribution in [0.1, 0.15) is 20.9 Å². The molecule has 9 heteroatoms. The number of benzene rings is 2. The zero-order chi connectivity index (χ0) is 22.8. The van der Waals surface area contributed by atoms with E-state index in [1.165, 1.54) is 11.3 Å². The molecule has 1 atom stereocenters. The number of aromatic nitrogens is 1. The number of ketones is 1. The Kier molecular flexibility index (Phi) is 8.22. The molecule has 164 valence electrons. The zero-order valence-corrected chi connectivity index (χ0v) is 17.9. The van der Waals surface area contributed by atoms with Gasteiger partial charge in [-0.1, -0.05) is 48.5 Å². The normalized spacial score (nSPS) is 11.2. The van der Waals surface area contributed by atoms with Crippen LogP contribution in [0, 0.1) is 0 Å². The van der Waals surface area contributed by atoms with E-state index < -0.39 is 29.5 Å². The monoisotopic (exact) mass is 450 g/mol. The molecular weight excluding hydrogens is 428 g/mol. The van der Waals surface area contributed by atoms with Crippen molar-refractivity contribution in [1.82, 2.24) is 20.9 Å². The third-order valence-corrected chi connectivity index (χ3v) is 5.27. The summed E-state index contributed by atoms with van der Waals surface area (Å²) in [4.78, 5) is 53.8. The topological polar surface area (TPSA) is 117 Å². The van der Waals surface area contributed by atoms with Crippen molar-refractivity contribution < 1.29 is 19.2 Å². The minimum atomic E-state index is -1.07. The summed E-state index contributed by atoms with van der Waals surface area (Å²) in [6.45, 7) is -0.200. The van der Waals surface area contributed by atoms with Gasteiger partial charge in [-0.05, 0) is 17.7 Å². The first-order valence-corrected chi connectivity index (χ1v) is 10.8. The highest BCUT2D eigenvalue weighted by atomic mass is 32.1. The van der Waals surface area contributed by atoms with Crippen LogP contribution in [0.2, 0.25) is 0 Å². The summed E-state index contributed by atoms with van der Waals surface area (Å²) < 4.78 is 0. The lowest BCUT2D eigenvalue weighted by Gasteiger charge is -2.18. The molecule has 3 N–H and O–H groups in total. The first-order chi connectivity index (χ1) is 15.5. The molecule has 0 unspecified atom stereocenters. The predicted molar refractivity (Wildman–Crippen MR) is 120 cm³/mol. The number of thiazole rings is 1. The number of hydrogen-bond donors (Lipinski definition) is 3. The second-order valence-corrected chi connectivity index (χ2v) is 7.81. The molecule has 0 aliphatic rings. The Morgan fingerprint density at radius 2 is 1.59 bits per heavy atom. The molecule has 0 bridgehead atoms. The van der Waals surface area contributed by atoms with Crippen molar-refractivity contribution in [3.8, 4) is 0 Å². The molecule has 0 saturated heterocycles. The van der Waals surface area contributed by atoms with Crippen LogP contribution in [0.15, 0.2) is 72.2 Å². The van der Waals surface area contributed by atoms with E-state index in [-0.39, 0.29) is 19.5 Å². The SMILES string of the molecule is O=C(CNC(=O)c1ccccc1)N[C@H](Cc1ccccc1)C(=O)C(=O)NCc1nccs1. The fourth-order valence-corrected chi connectivity index (χ4v) is 3.45. The molecule has 0 fully saturated rings. The van der Waals surface area contributed by atoms with E-state index in [1.54, 1.807) is 66.2 Å². The lowest BCUT2D eigenvalue weighted by Crippen LogP contribution is -2.50. The molecule has 8 nitrogen and oxygen atoms in total. The van der Waals surface area contributed by atoms with Crippen molar-refractivity contribution in [2.45, 2.75) is 19.0 Å². The summed E-state index contributed by atoms with van der Waals surface area (Å²) in [6, 6.07) is 16.4. The van der Waals surface area contributed by atoms with Crippen LogP contribution >= 0.6 is 11.3 Å². The molecule has 2 aromatic carbocycles. The van der Waals surface area contributed by atoms with Crippen LogP contribution in [0.4, 0.5) is 0 Å². The Morgan fingerprint density at radius 3 is 2.25 bits per heavy atom. The molecule has 1 aromatic heterocycles. The number of nitrogens with one attached hydrogen (secondary N) is 3. The van der Waals surface area contributed by atoms with Crippen molar-refractivity contribution in [1.29, 1.82) is 0 Å². The van der Waals surface area contributed by atoms with Gasteiger partial charge in [-0.2, -0.15) is 0 Å². The molecule has 3 rings (SSSR count). The number of rotatable bonds is 10. The van der Waals surface area contributed by atoms with Gasteiger partial charge < -0.3 is 16.0 Å². The van der Waals surface area contributed by atoms with Gasteiger partial charge in [0.05, 0.1) is 13.1 Å². The minimum absolute atomic E-state index is 0.126. The van der Waals surface area contributed by atoms with E-state index in [0.29, 0.717) is 10.6 Å². The standard InChI is InChI=1S/C23H22N4O4S/c28-19(14-25-22(30)17-9-5-2-6-10-17)27-18(13-16-7-3-1-4-8-16)21(29)23(31)26-15-20-24-11-12-32-20/h1-12,18H,13-15H2,(H,25,30)(H,26,31)(H,27,28)/t18-/m1/s1. The average molecular weight is 451 g/mol. The molecule has 3 amide bonds. The smallest absolute Gasteiger partial charge is 0.289 e. The number of carbonyl (C=O) groups excluding carboxylic acids is 4. The summed E-state index contributed by atoms with van der Waals surface area (Å²) in [5.74, 6) is -2.56. The lowest BCUT2D eigenvalue weighted by atomic mass is 10.0. The highest BCUT2D eigenvalue weighted by molar-refractivity contribution is 7.09. The Labute approximate surface area is 189 Å². The van der Waals surface area contributed by atoms with Crippen molar-refractivity contribution >= 4 is 34.8 Å². The van der Waals surface area contributed by atoms with E-state index in [1.807, 2.05) is 6.07 Å². The van der Waals surface area contributed by atoms with Crippen LogP contribution in [-0.2, 0) is 27.3 Å². The summed E-state index contributed by atoms with van der Waals surface area (Å²) in [5.41, 5.74) is 1.20. The molecule has 0 saturated carbocycles. The van der Waals surface area contributed by atoms with Crippen molar-refractivity contribution in [3.05, 3.63) is 88.4 Å². The van der Waals surface area contributed by atoms with Gasteiger partial charge in [-0.25, -0.2) is 4.98 Å². The molecule has 1 heterocycles. The first-order valence-electron chi connectivity index (χ1n) is 9.90. The maximum absolute atomic E-state index is 12.8. The number of Topliss-reactive ketones (excluding diaryl/α,β-unsaturated/α-hetero) is 1. The molecule has 0 radical (unpaired) electrons. The average Bonchev–Trinajstić information content (AvgIpc) is 3.35. The van der Waals surface area contributed by atoms with Crippen molar-refractivity contribution in [2.75, 3.05) is 6.54 Å². The summed E-state index contributed by atoms with van der Waals surface area (Å²) in [5, 5.41) is 10.0. The van der Waals surface area contributed by atoms with Gasteiger partial charge in [0.25, 0.3) is 11.8 Å². The fraction of sp³-hybridized carbons (Fsp3) is 0.174. The fourth-order valence-electron chi connectivity index (χ4n) is 2.90. The Bertz CT molecular complexity index is 1060. The van der Waals surface area contributed by atoms with E-state index >= 15 is 0 Å². The first kappa shape index (κ1) is 22.8. The highest BCUT2D eigenvalue weighted by Gasteiger charge is 2.27. The summed E-state index contributed by atoms with van der Waals surface area (Å²) in [6.07, 6.45) is 1.75. The zero-order valence-electron chi connectivity index (χ0n) is 17.1. The Hall–Kier alpha value is -3.85. The maximum Gasteiger partial charge on any atom is 0.289 e. The van der Waals surface area contributed by atoms with Gasteiger partial charge in [-0.15, -0.1) is 11.3 Å². The predicted octanol–water partition coefficient (Wildman–Crippen LogP) is 1.49. The van der Waals surface area contributed by atoms with Gasteiger partial charge >= 0.3 is 0 Å². The van der Waals surface area contributed by atoms with Crippen molar-refractivity contribution in [3.63, 3.8) is 0 Å². The third-order valence-electron chi connectivity index (χ3n) is 4.49. The number of hydrogen-bond acceptors (Lipinski definition) is 6. The third kappa shape index (κ3) is 6.85. The second kappa shape index (κ2) is 11.5. The van der Waals surface area contributed by atoms with Gasteiger partial charge in [0.15, 0.2) is 0 Å². The summed E-state index contributed by atoms with van der Waals surface area (Å²) in [7, 11) is 0. The molecular formula is C23H22N4O4S. The number of amides is 3. The van der Waals surface area contributed by atoms with Crippen LogP contribution in [0.25, 0.3) is 0 Å². The van der Waals surface area contributed by atoms with Crippen LogP contribution in [0.5, 0.6) is 0 Å². The van der Waals surface area contributed by atoms with E-state index in [2.05, 4.69) is 20.9 Å². The quantitative estimate of drug-likeness (QED) is 0.405. The Morgan fingerprint density at radius 1 is 0.906 bits per heavy atom. The van der Waals surface area contributed by atoms with Gasteiger partial charge in [-0.3, -0.25) is 19.2 Å². The lowest BCUT2D eigenvalue weighted by molar-refractivity contribution is -0.140. The van der Waals surface area contributed by atoms with Gasteiger partial charge in [0, 0.05) is 23.6 Å². The van der Waals surface area contributed by atoms with Gasteiger partial charge in [0.2, 0.25) is 11.7 Å². The van der Waals surface area contributed by atoms with E-state index in [9.17, 15) is 19.2 Å². The second-order valence-electron chi connectivity index (χ2n) is 6.83. The minimum Gasteiger partial charge on any atom is -0.344 e.